The van der Waals surface area contributed by atoms with E-state index in [2.05, 4.69) is 5.73 Å². The van der Waals surface area contributed by atoms with Crippen molar-refractivity contribution in [2.75, 3.05) is 0 Å². The van der Waals surface area contributed by atoms with Crippen LogP contribution in [-0.2, 0) is 0 Å². The average molecular weight is 109 g/mol. The Morgan fingerprint density at radius 2 is 2.25 bits per heavy atom. The second kappa shape index (κ2) is 1.92. The van der Waals surface area contributed by atoms with Gasteiger partial charge in [0.2, 0.25) is 0 Å². The van der Waals surface area contributed by atoms with Crippen molar-refractivity contribution in [3.63, 3.8) is 0 Å². The van der Waals surface area contributed by atoms with E-state index < -0.39 is 0 Å². The van der Waals surface area contributed by atoms with Gasteiger partial charge in [0.05, 0.1) is 5.71 Å². The maximum Gasteiger partial charge on any atom is 0.145 e. The van der Waals surface area contributed by atoms with Gasteiger partial charge in [0.15, 0.2) is 0 Å². The van der Waals surface area contributed by atoms with Crippen molar-refractivity contribution in [3.8, 4) is 0 Å². The van der Waals surface area contributed by atoms with Gasteiger partial charge >= 0.3 is 0 Å². The first-order chi connectivity index (χ1) is 3.80. The lowest BCUT2D eigenvalue weighted by Crippen LogP contribution is -2.63. The number of hydrogen-bond donors (Lipinski definition) is 2. The lowest BCUT2D eigenvalue weighted by molar-refractivity contribution is -0.379. The summed E-state index contributed by atoms with van der Waals surface area (Å²) in [5.74, 6) is 0. The summed E-state index contributed by atoms with van der Waals surface area (Å²) in [7, 11) is 0. The molecular weight excluding hydrogens is 100 g/mol. The van der Waals surface area contributed by atoms with Crippen LogP contribution in [0.25, 0.3) is 0 Å². The van der Waals surface area contributed by atoms with Crippen molar-refractivity contribution >= 4 is 5.71 Å². The summed E-state index contributed by atoms with van der Waals surface area (Å²) in [5.41, 5.74) is 4.31. The number of quaternary nitrogens is 1. The second-order valence-corrected chi connectivity index (χ2v) is 1.81. The standard InChI is InChI=1S/C6H8N2/c7-5-3-1-2-4-6(5)8/h1-5,8H,7H2/p+1. The summed E-state index contributed by atoms with van der Waals surface area (Å²) in [6.45, 7) is 0. The molecule has 0 heterocycles. The van der Waals surface area contributed by atoms with E-state index in [-0.39, 0.29) is 6.04 Å². The summed E-state index contributed by atoms with van der Waals surface area (Å²) in [6.07, 6.45) is 7.43. The van der Waals surface area contributed by atoms with Crippen molar-refractivity contribution < 1.29 is 5.73 Å². The van der Waals surface area contributed by atoms with E-state index in [0.29, 0.717) is 5.71 Å². The van der Waals surface area contributed by atoms with Crippen LogP contribution in [0.15, 0.2) is 24.3 Å². The fourth-order valence-corrected chi connectivity index (χ4v) is 0.585. The van der Waals surface area contributed by atoms with Crippen LogP contribution in [0.2, 0.25) is 0 Å². The van der Waals surface area contributed by atoms with Crippen LogP contribution in [0.1, 0.15) is 0 Å². The van der Waals surface area contributed by atoms with Crippen molar-refractivity contribution in [2.45, 2.75) is 6.04 Å². The molecule has 0 aromatic rings. The highest BCUT2D eigenvalue weighted by molar-refractivity contribution is 5.98. The maximum absolute atomic E-state index is 7.19. The Balaban J connectivity index is 2.74. The molecule has 8 heavy (non-hydrogen) atoms. The van der Waals surface area contributed by atoms with Gasteiger partial charge in [-0.3, -0.25) is 5.41 Å². The van der Waals surface area contributed by atoms with Crippen LogP contribution in [0.5, 0.6) is 0 Å². The van der Waals surface area contributed by atoms with E-state index in [9.17, 15) is 0 Å². The monoisotopic (exact) mass is 109 g/mol. The minimum atomic E-state index is 0.0694. The lowest BCUT2D eigenvalue weighted by atomic mass is 10.1. The molecule has 1 rings (SSSR count). The molecule has 0 aromatic carbocycles. The zero-order valence-corrected chi connectivity index (χ0v) is 4.59. The van der Waals surface area contributed by atoms with Crippen molar-refractivity contribution in [3.05, 3.63) is 24.3 Å². The fourth-order valence-electron chi connectivity index (χ4n) is 0.585. The van der Waals surface area contributed by atoms with Gasteiger partial charge in [-0.15, -0.1) is 0 Å². The molecule has 4 N–H and O–H groups in total. The molecule has 0 radical (unpaired) electrons. The normalized spacial score (nSPS) is 26.6. The molecule has 0 saturated carbocycles. The topological polar surface area (TPSA) is 51.5 Å². The molecule has 0 saturated heterocycles. The number of allylic oxidation sites excluding steroid dienone is 2. The highest BCUT2D eigenvalue weighted by atomic mass is 14.7. The zero-order valence-electron chi connectivity index (χ0n) is 4.59. The van der Waals surface area contributed by atoms with Crippen LogP contribution < -0.4 is 5.73 Å². The Kier molecular flexibility index (Phi) is 1.26. The van der Waals surface area contributed by atoms with Crippen LogP contribution in [0.3, 0.4) is 0 Å². The fraction of sp³-hybridized carbons (Fsp3) is 0.167. The third-order valence-electron chi connectivity index (χ3n) is 1.13. The molecule has 0 aliphatic heterocycles. The number of rotatable bonds is 0. The molecule has 0 aromatic heterocycles. The van der Waals surface area contributed by atoms with E-state index in [1.165, 1.54) is 0 Å². The highest BCUT2D eigenvalue weighted by Gasteiger charge is 2.06. The molecule has 0 fully saturated rings. The van der Waals surface area contributed by atoms with Gasteiger partial charge in [-0.25, -0.2) is 0 Å². The molecule has 1 aliphatic rings. The Labute approximate surface area is 48.2 Å². The Bertz CT molecular complexity index is 156. The number of hydrogen-bond acceptors (Lipinski definition) is 1. The largest absolute Gasteiger partial charge is 0.347 e. The average Bonchev–Trinajstić information content (AvgIpc) is 1.77. The Morgan fingerprint density at radius 3 is 2.62 bits per heavy atom. The van der Waals surface area contributed by atoms with Crippen LogP contribution in [-0.4, -0.2) is 11.8 Å². The van der Waals surface area contributed by atoms with E-state index in [0.717, 1.165) is 0 Å². The smallest absolute Gasteiger partial charge is 0.145 e. The highest BCUT2D eigenvalue weighted by Crippen LogP contribution is 1.93. The van der Waals surface area contributed by atoms with Gasteiger partial charge in [-0.2, -0.15) is 0 Å². The minimum Gasteiger partial charge on any atom is -0.347 e. The van der Waals surface area contributed by atoms with Crippen LogP contribution >= 0.6 is 0 Å². The number of nitrogens with one attached hydrogen (secondary N) is 1. The van der Waals surface area contributed by atoms with Gasteiger partial charge in [0.25, 0.3) is 0 Å². The molecule has 0 spiro atoms. The SMILES string of the molecule is N=C1C=CC=CC1[NH3+]. The van der Waals surface area contributed by atoms with Crippen molar-refractivity contribution in [1.29, 1.82) is 5.41 Å². The van der Waals surface area contributed by atoms with Gasteiger partial charge in [-0.05, 0) is 12.2 Å². The van der Waals surface area contributed by atoms with Crippen LogP contribution in [0.4, 0.5) is 0 Å². The summed E-state index contributed by atoms with van der Waals surface area (Å²) in [4.78, 5) is 0. The van der Waals surface area contributed by atoms with E-state index >= 15 is 0 Å². The summed E-state index contributed by atoms with van der Waals surface area (Å²) >= 11 is 0. The van der Waals surface area contributed by atoms with E-state index in [4.69, 9.17) is 5.41 Å². The summed E-state index contributed by atoms with van der Waals surface area (Å²) in [6, 6.07) is 0.0694. The Morgan fingerprint density at radius 1 is 1.50 bits per heavy atom. The molecular formula is C6H9N2+. The third-order valence-corrected chi connectivity index (χ3v) is 1.13. The Hall–Kier alpha value is -0.890. The van der Waals surface area contributed by atoms with E-state index in [1.807, 2.05) is 18.2 Å². The predicted octanol–water partition coefficient (Wildman–Crippen LogP) is -0.257. The second-order valence-electron chi connectivity index (χ2n) is 1.81. The molecule has 0 amide bonds. The first-order valence-electron chi connectivity index (χ1n) is 2.57. The van der Waals surface area contributed by atoms with Gasteiger partial charge < -0.3 is 5.73 Å². The molecule has 1 aliphatic carbocycles. The summed E-state index contributed by atoms with van der Waals surface area (Å²) < 4.78 is 0. The first kappa shape index (κ1) is 5.25. The van der Waals surface area contributed by atoms with E-state index in [1.54, 1.807) is 6.08 Å². The van der Waals surface area contributed by atoms with Crippen LogP contribution in [0, 0.1) is 5.41 Å². The molecule has 2 nitrogen and oxygen atoms in total. The third kappa shape index (κ3) is 0.845. The lowest BCUT2D eigenvalue weighted by Gasteiger charge is -2.01. The molecule has 2 heteroatoms. The molecule has 0 bridgehead atoms. The van der Waals surface area contributed by atoms with Crippen molar-refractivity contribution in [1.82, 2.24) is 0 Å². The van der Waals surface area contributed by atoms with Gasteiger partial charge in [-0.1, -0.05) is 12.2 Å². The zero-order chi connectivity index (χ0) is 5.98. The first-order valence-corrected chi connectivity index (χ1v) is 2.57. The molecule has 1 unspecified atom stereocenters. The maximum atomic E-state index is 7.19. The quantitative estimate of drug-likeness (QED) is 0.431. The van der Waals surface area contributed by atoms with Gasteiger partial charge in [0, 0.05) is 0 Å². The minimum absolute atomic E-state index is 0.0694. The molecule has 42 valence electrons. The van der Waals surface area contributed by atoms with Crippen molar-refractivity contribution in [2.24, 2.45) is 0 Å². The molecule has 1 atom stereocenters. The summed E-state index contributed by atoms with van der Waals surface area (Å²) in [5, 5.41) is 7.19. The predicted molar refractivity (Wildman–Crippen MR) is 32.7 cm³/mol. The van der Waals surface area contributed by atoms with Gasteiger partial charge in [0.1, 0.15) is 6.04 Å².